The largest absolute Gasteiger partial charge is 0.493 e. The summed E-state index contributed by atoms with van der Waals surface area (Å²) in [6.07, 6.45) is 0.638. The van der Waals surface area contributed by atoms with Crippen molar-refractivity contribution in [2.75, 3.05) is 19.8 Å². The first kappa shape index (κ1) is 18.6. The highest BCUT2D eigenvalue weighted by Crippen LogP contribution is 2.23. The van der Waals surface area contributed by atoms with Gasteiger partial charge in [0.25, 0.3) is 0 Å². The molecule has 124 valence electrons. The third kappa shape index (κ3) is 6.54. The second-order valence-electron chi connectivity index (χ2n) is 5.86. The molecule has 0 aliphatic rings. The SMILES string of the molecule is CCOc1cc(Cl)ccc1CNC(=O)NCC(C)(C)CCO. The second-order valence-corrected chi connectivity index (χ2v) is 6.30. The van der Waals surface area contributed by atoms with Gasteiger partial charge in [0.1, 0.15) is 5.75 Å². The molecule has 1 rings (SSSR count). The normalized spacial score (nSPS) is 11.1. The van der Waals surface area contributed by atoms with Gasteiger partial charge in [-0.1, -0.05) is 31.5 Å². The van der Waals surface area contributed by atoms with Crippen molar-refractivity contribution >= 4 is 17.6 Å². The summed E-state index contributed by atoms with van der Waals surface area (Å²) in [4.78, 5) is 11.9. The predicted octanol–water partition coefficient (Wildman–Crippen LogP) is 2.95. The van der Waals surface area contributed by atoms with E-state index < -0.39 is 0 Å². The lowest BCUT2D eigenvalue weighted by atomic mass is 9.90. The number of aliphatic hydroxyl groups excluding tert-OH is 1. The van der Waals surface area contributed by atoms with E-state index in [2.05, 4.69) is 10.6 Å². The minimum absolute atomic E-state index is 0.110. The number of benzene rings is 1. The Labute approximate surface area is 137 Å². The minimum atomic E-state index is -0.247. The fraction of sp³-hybridized carbons (Fsp3) is 0.562. The first-order chi connectivity index (χ1) is 10.4. The molecular weight excluding hydrogens is 304 g/mol. The summed E-state index contributed by atoms with van der Waals surface area (Å²) >= 11 is 5.94. The number of urea groups is 1. The number of amides is 2. The van der Waals surface area contributed by atoms with Crippen LogP contribution in [0.4, 0.5) is 4.79 Å². The van der Waals surface area contributed by atoms with E-state index in [1.54, 1.807) is 12.1 Å². The Balaban J connectivity index is 2.50. The number of carbonyl (C=O) groups excluding carboxylic acids is 1. The molecule has 0 unspecified atom stereocenters. The molecule has 0 radical (unpaired) electrons. The van der Waals surface area contributed by atoms with Crippen LogP contribution in [0.1, 0.15) is 32.8 Å². The average molecular weight is 329 g/mol. The van der Waals surface area contributed by atoms with E-state index in [0.29, 0.717) is 36.9 Å². The van der Waals surface area contributed by atoms with Crippen LogP contribution in [0.25, 0.3) is 0 Å². The van der Waals surface area contributed by atoms with E-state index >= 15 is 0 Å². The van der Waals surface area contributed by atoms with Crippen LogP contribution in [-0.4, -0.2) is 30.9 Å². The maximum Gasteiger partial charge on any atom is 0.315 e. The number of hydrogen-bond acceptors (Lipinski definition) is 3. The minimum Gasteiger partial charge on any atom is -0.493 e. The molecule has 0 saturated carbocycles. The van der Waals surface area contributed by atoms with Crippen LogP contribution in [0.15, 0.2) is 18.2 Å². The zero-order chi connectivity index (χ0) is 16.6. The number of ether oxygens (including phenoxy) is 1. The lowest BCUT2D eigenvalue weighted by Crippen LogP contribution is -2.40. The fourth-order valence-corrected chi connectivity index (χ4v) is 2.07. The number of hydrogen-bond donors (Lipinski definition) is 3. The first-order valence-electron chi connectivity index (χ1n) is 7.42. The molecule has 1 aromatic carbocycles. The molecule has 0 fully saturated rings. The summed E-state index contributed by atoms with van der Waals surface area (Å²) in [7, 11) is 0. The van der Waals surface area contributed by atoms with Gasteiger partial charge in [-0.3, -0.25) is 0 Å². The van der Waals surface area contributed by atoms with Crippen LogP contribution in [0, 0.1) is 5.41 Å². The molecule has 0 spiro atoms. The van der Waals surface area contributed by atoms with E-state index in [9.17, 15) is 4.79 Å². The van der Waals surface area contributed by atoms with Gasteiger partial charge < -0.3 is 20.5 Å². The third-order valence-electron chi connectivity index (χ3n) is 3.28. The molecule has 1 aromatic rings. The van der Waals surface area contributed by atoms with Crippen molar-refractivity contribution in [3.8, 4) is 5.75 Å². The predicted molar refractivity (Wildman–Crippen MR) is 88.3 cm³/mol. The maximum absolute atomic E-state index is 11.9. The third-order valence-corrected chi connectivity index (χ3v) is 3.52. The van der Waals surface area contributed by atoms with E-state index in [0.717, 1.165) is 5.56 Å². The second kappa shape index (κ2) is 8.86. The molecule has 0 aromatic heterocycles. The Bertz CT molecular complexity index is 492. The van der Waals surface area contributed by atoms with Crippen LogP contribution in [-0.2, 0) is 6.54 Å². The van der Waals surface area contributed by atoms with Crippen molar-refractivity contribution in [1.82, 2.24) is 10.6 Å². The number of rotatable bonds is 8. The molecule has 0 bridgehead atoms. The number of aliphatic hydroxyl groups is 1. The van der Waals surface area contributed by atoms with Crippen LogP contribution >= 0.6 is 11.6 Å². The van der Waals surface area contributed by atoms with Gasteiger partial charge in [0.15, 0.2) is 0 Å². The topological polar surface area (TPSA) is 70.6 Å². The highest BCUT2D eigenvalue weighted by molar-refractivity contribution is 6.30. The molecule has 5 nitrogen and oxygen atoms in total. The summed E-state index contributed by atoms with van der Waals surface area (Å²) in [5.41, 5.74) is 0.735. The molecule has 0 aliphatic carbocycles. The highest BCUT2D eigenvalue weighted by atomic mass is 35.5. The van der Waals surface area contributed by atoms with Crippen molar-refractivity contribution < 1.29 is 14.6 Å². The Kier molecular flexibility index (Phi) is 7.48. The van der Waals surface area contributed by atoms with Crippen molar-refractivity contribution in [2.24, 2.45) is 5.41 Å². The smallest absolute Gasteiger partial charge is 0.315 e. The van der Waals surface area contributed by atoms with Gasteiger partial charge in [-0.15, -0.1) is 0 Å². The first-order valence-corrected chi connectivity index (χ1v) is 7.79. The molecule has 0 aliphatic heterocycles. The molecule has 0 saturated heterocycles. The summed E-state index contributed by atoms with van der Waals surface area (Å²) < 4.78 is 5.51. The summed E-state index contributed by atoms with van der Waals surface area (Å²) in [5.74, 6) is 0.677. The van der Waals surface area contributed by atoms with Gasteiger partial charge in [-0.05, 0) is 30.9 Å². The quantitative estimate of drug-likeness (QED) is 0.687. The fourth-order valence-electron chi connectivity index (χ4n) is 1.91. The number of nitrogens with one attached hydrogen (secondary N) is 2. The lowest BCUT2D eigenvalue weighted by Gasteiger charge is -2.24. The molecule has 22 heavy (non-hydrogen) atoms. The van der Waals surface area contributed by atoms with Crippen LogP contribution in [0.5, 0.6) is 5.75 Å². The molecule has 6 heteroatoms. The molecule has 2 amide bonds. The van der Waals surface area contributed by atoms with E-state index in [4.69, 9.17) is 21.4 Å². The molecular formula is C16H25ClN2O3. The van der Waals surface area contributed by atoms with Crippen LogP contribution < -0.4 is 15.4 Å². The van der Waals surface area contributed by atoms with Crippen LogP contribution in [0.2, 0.25) is 5.02 Å². The average Bonchev–Trinajstić information content (AvgIpc) is 2.45. The van der Waals surface area contributed by atoms with E-state index in [1.807, 2.05) is 26.8 Å². The van der Waals surface area contributed by atoms with E-state index in [1.165, 1.54) is 0 Å². The van der Waals surface area contributed by atoms with Crippen molar-refractivity contribution in [1.29, 1.82) is 0 Å². The highest BCUT2D eigenvalue weighted by Gasteiger charge is 2.18. The number of halogens is 1. The lowest BCUT2D eigenvalue weighted by molar-refractivity contribution is 0.201. The Morgan fingerprint density at radius 3 is 2.73 bits per heavy atom. The summed E-state index contributed by atoms with van der Waals surface area (Å²) in [6, 6.07) is 5.10. The summed E-state index contributed by atoms with van der Waals surface area (Å²) in [6.45, 7) is 7.39. The zero-order valence-electron chi connectivity index (χ0n) is 13.4. The van der Waals surface area contributed by atoms with Crippen LogP contribution in [0.3, 0.4) is 0 Å². The van der Waals surface area contributed by atoms with Crippen molar-refractivity contribution in [3.63, 3.8) is 0 Å². The van der Waals surface area contributed by atoms with Crippen molar-refractivity contribution in [3.05, 3.63) is 28.8 Å². The Morgan fingerprint density at radius 2 is 2.09 bits per heavy atom. The van der Waals surface area contributed by atoms with Gasteiger partial charge in [0.2, 0.25) is 0 Å². The summed E-state index contributed by atoms with van der Waals surface area (Å²) in [5, 5.41) is 15.2. The standard InChI is InChI=1S/C16H25ClN2O3/c1-4-22-14-9-13(17)6-5-12(14)10-18-15(21)19-11-16(2,3)7-8-20/h5-6,9,20H,4,7-8,10-11H2,1-3H3,(H2,18,19,21). The van der Waals surface area contributed by atoms with Gasteiger partial charge in [-0.25, -0.2) is 4.79 Å². The van der Waals surface area contributed by atoms with E-state index in [-0.39, 0.29) is 18.1 Å². The monoisotopic (exact) mass is 328 g/mol. The maximum atomic E-state index is 11.9. The van der Waals surface area contributed by atoms with Gasteiger partial charge in [-0.2, -0.15) is 0 Å². The zero-order valence-corrected chi connectivity index (χ0v) is 14.2. The van der Waals surface area contributed by atoms with Gasteiger partial charge in [0.05, 0.1) is 6.61 Å². The Morgan fingerprint density at radius 1 is 1.36 bits per heavy atom. The Hall–Kier alpha value is -1.46. The molecule has 3 N–H and O–H groups in total. The molecule has 0 atom stereocenters. The van der Waals surface area contributed by atoms with Crippen molar-refractivity contribution in [2.45, 2.75) is 33.7 Å². The van der Waals surface area contributed by atoms with Gasteiger partial charge >= 0.3 is 6.03 Å². The molecule has 0 heterocycles. The number of carbonyl (C=O) groups is 1. The van der Waals surface area contributed by atoms with Gasteiger partial charge in [0, 0.05) is 30.3 Å².